The van der Waals surface area contributed by atoms with E-state index in [0.29, 0.717) is 17.8 Å². The van der Waals surface area contributed by atoms with Crippen molar-refractivity contribution in [1.82, 2.24) is 9.55 Å². The normalized spacial score (nSPS) is 10.4. The summed E-state index contributed by atoms with van der Waals surface area (Å²) in [6.07, 6.45) is 3.82. The van der Waals surface area contributed by atoms with Crippen molar-refractivity contribution in [3.63, 3.8) is 0 Å². The van der Waals surface area contributed by atoms with Crippen molar-refractivity contribution in [2.24, 2.45) is 0 Å². The molecule has 2 aromatic rings. The van der Waals surface area contributed by atoms with Crippen molar-refractivity contribution < 1.29 is 9.18 Å². The molecule has 0 saturated carbocycles. The molecule has 0 aliphatic heterocycles. The first-order valence-corrected chi connectivity index (χ1v) is 5.05. The molecule has 3 nitrogen and oxygen atoms in total. The summed E-state index contributed by atoms with van der Waals surface area (Å²) in [5.74, 6) is 0.00660. The van der Waals surface area contributed by atoms with Crippen LogP contribution in [0.15, 0.2) is 36.7 Å². The van der Waals surface area contributed by atoms with Gasteiger partial charge in [-0.3, -0.25) is 9.36 Å². The van der Waals surface area contributed by atoms with Crippen molar-refractivity contribution in [1.29, 1.82) is 0 Å². The zero-order valence-corrected chi connectivity index (χ0v) is 8.85. The molecule has 0 radical (unpaired) electrons. The monoisotopic (exact) mass is 218 g/mol. The third kappa shape index (κ3) is 1.86. The standard InChI is InChI=1S/C12H11FN2O/c1-2-11-14-6-7-15(11)12(16)9-4-3-5-10(13)8-9/h3-8H,2H2,1H3. The Morgan fingerprint density at radius 1 is 1.50 bits per heavy atom. The Balaban J connectivity index is 2.39. The highest BCUT2D eigenvalue weighted by atomic mass is 19.1. The maximum absolute atomic E-state index is 13.0. The SMILES string of the molecule is CCc1nccn1C(=O)c1cccc(F)c1. The van der Waals surface area contributed by atoms with E-state index in [9.17, 15) is 9.18 Å². The third-order valence-corrected chi connectivity index (χ3v) is 2.32. The maximum Gasteiger partial charge on any atom is 0.263 e. The average molecular weight is 218 g/mol. The molecule has 0 bridgehead atoms. The molecule has 0 aliphatic rings. The lowest BCUT2D eigenvalue weighted by molar-refractivity contribution is 0.0956. The van der Waals surface area contributed by atoms with Crippen LogP contribution in [-0.4, -0.2) is 15.5 Å². The second-order valence-corrected chi connectivity index (χ2v) is 3.38. The van der Waals surface area contributed by atoms with E-state index < -0.39 is 5.82 Å². The summed E-state index contributed by atoms with van der Waals surface area (Å²) < 4.78 is 14.4. The topological polar surface area (TPSA) is 34.9 Å². The molecule has 0 amide bonds. The fourth-order valence-electron chi connectivity index (χ4n) is 1.54. The van der Waals surface area contributed by atoms with Gasteiger partial charge in [0.1, 0.15) is 11.6 Å². The third-order valence-electron chi connectivity index (χ3n) is 2.32. The Bertz CT molecular complexity index is 519. The lowest BCUT2D eigenvalue weighted by atomic mass is 10.2. The van der Waals surface area contributed by atoms with E-state index in [1.54, 1.807) is 18.5 Å². The number of aryl methyl sites for hydroxylation is 1. The van der Waals surface area contributed by atoms with Crippen molar-refractivity contribution in [2.75, 3.05) is 0 Å². The number of imidazole rings is 1. The first-order chi connectivity index (χ1) is 7.72. The quantitative estimate of drug-likeness (QED) is 0.775. The van der Waals surface area contributed by atoms with Crippen LogP contribution in [-0.2, 0) is 6.42 Å². The summed E-state index contributed by atoms with van der Waals surface area (Å²) >= 11 is 0. The number of carbonyl (C=O) groups is 1. The number of hydrogen-bond donors (Lipinski definition) is 0. The number of aromatic nitrogens is 2. The van der Waals surface area contributed by atoms with Gasteiger partial charge in [0, 0.05) is 24.4 Å². The molecule has 0 spiro atoms. The Morgan fingerprint density at radius 3 is 3.00 bits per heavy atom. The number of rotatable bonds is 2. The molecule has 0 unspecified atom stereocenters. The fourth-order valence-corrected chi connectivity index (χ4v) is 1.54. The van der Waals surface area contributed by atoms with Gasteiger partial charge in [0.05, 0.1) is 0 Å². The van der Waals surface area contributed by atoms with Gasteiger partial charge < -0.3 is 0 Å². The fraction of sp³-hybridized carbons (Fsp3) is 0.167. The van der Waals surface area contributed by atoms with Crippen LogP contribution >= 0.6 is 0 Å². The summed E-state index contributed by atoms with van der Waals surface area (Å²) in [6.45, 7) is 1.91. The van der Waals surface area contributed by atoms with E-state index in [1.807, 2.05) is 6.92 Å². The first kappa shape index (κ1) is 10.5. The molecule has 2 rings (SSSR count). The number of benzene rings is 1. The van der Waals surface area contributed by atoms with E-state index in [0.717, 1.165) is 0 Å². The van der Waals surface area contributed by atoms with Gasteiger partial charge in [-0.25, -0.2) is 9.37 Å². The van der Waals surface area contributed by atoms with Crippen molar-refractivity contribution >= 4 is 5.91 Å². The van der Waals surface area contributed by atoms with Crippen LogP contribution in [0, 0.1) is 5.82 Å². The largest absolute Gasteiger partial charge is 0.270 e. The predicted octanol–water partition coefficient (Wildman–Crippen LogP) is 2.27. The predicted molar refractivity (Wildman–Crippen MR) is 57.7 cm³/mol. The van der Waals surface area contributed by atoms with Gasteiger partial charge >= 0.3 is 0 Å². The van der Waals surface area contributed by atoms with Crippen LogP contribution in [0.5, 0.6) is 0 Å². The smallest absolute Gasteiger partial charge is 0.263 e. The molecule has 1 heterocycles. The highest BCUT2D eigenvalue weighted by Gasteiger charge is 2.11. The first-order valence-electron chi connectivity index (χ1n) is 5.05. The van der Waals surface area contributed by atoms with Crippen molar-refractivity contribution in [2.45, 2.75) is 13.3 Å². The van der Waals surface area contributed by atoms with E-state index in [2.05, 4.69) is 4.98 Å². The van der Waals surface area contributed by atoms with E-state index in [4.69, 9.17) is 0 Å². The molecule has 0 N–H and O–H groups in total. The van der Waals surface area contributed by atoms with Crippen LogP contribution in [0.3, 0.4) is 0 Å². The lowest BCUT2D eigenvalue weighted by Crippen LogP contribution is -2.14. The molecule has 0 aliphatic carbocycles. The van der Waals surface area contributed by atoms with Gasteiger partial charge in [-0.15, -0.1) is 0 Å². The number of hydrogen-bond acceptors (Lipinski definition) is 2. The highest BCUT2D eigenvalue weighted by Crippen LogP contribution is 2.08. The minimum absolute atomic E-state index is 0.256. The summed E-state index contributed by atoms with van der Waals surface area (Å²) in [7, 11) is 0. The van der Waals surface area contributed by atoms with Crippen LogP contribution in [0.4, 0.5) is 4.39 Å². The summed E-state index contributed by atoms with van der Waals surface area (Å²) in [5, 5.41) is 0. The highest BCUT2D eigenvalue weighted by molar-refractivity contribution is 5.96. The minimum atomic E-state index is -0.413. The molecule has 82 valence electrons. The van der Waals surface area contributed by atoms with E-state index in [1.165, 1.54) is 22.8 Å². The molecule has 0 fully saturated rings. The minimum Gasteiger partial charge on any atom is -0.270 e. The maximum atomic E-state index is 13.0. The summed E-state index contributed by atoms with van der Waals surface area (Å²) in [4.78, 5) is 16.0. The van der Waals surface area contributed by atoms with Crippen molar-refractivity contribution in [3.8, 4) is 0 Å². The molecular formula is C12H11FN2O. The number of halogens is 1. The molecular weight excluding hydrogens is 207 g/mol. The van der Waals surface area contributed by atoms with Gasteiger partial charge in [0.25, 0.3) is 5.91 Å². The van der Waals surface area contributed by atoms with Gasteiger partial charge in [-0.2, -0.15) is 0 Å². The Hall–Kier alpha value is -1.97. The Labute approximate surface area is 92.5 Å². The molecule has 0 atom stereocenters. The van der Waals surface area contributed by atoms with Crippen LogP contribution in [0.1, 0.15) is 23.1 Å². The summed E-state index contributed by atoms with van der Waals surface area (Å²) in [5.41, 5.74) is 0.327. The van der Waals surface area contributed by atoms with E-state index in [-0.39, 0.29) is 5.91 Å². The molecule has 1 aromatic carbocycles. The summed E-state index contributed by atoms with van der Waals surface area (Å²) in [6, 6.07) is 5.64. The van der Waals surface area contributed by atoms with Gasteiger partial charge in [0.2, 0.25) is 0 Å². The van der Waals surface area contributed by atoms with E-state index >= 15 is 0 Å². The van der Waals surface area contributed by atoms with Crippen LogP contribution in [0.25, 0.3) is 0 Å². The second-order valence-electron chi connectivity index (χ2n) is 3.38. The van der Waals surface area contributed by atoms with Gasteiger partial charge in [-0.05, 0) is 18.2 Å². The molecule has 4 heteroatoms. The van der Waals surface area contributed by atoms with Crippen LogP contribution < -0.4 is 0 Å². The Morgan fingerprint density at radius 2 is 2.31 bits per heavy atom. The number of nitrogens with zero attached hydrogens (tertiary/aromatic N) is 2. The van der Waals surface area contributed by atoms with Crippen LogP contribution in [0.2, 0.25) is 0 Å². The second kappa shape index (κ2) is 4.26. The lowest BCUT2D eigenvalue weighted by Gasteiger charge is -2.04. The molecule has 1 aromatic heterocycles. The van der Waals surface area contributed by atoms with Gasteiger partial charge in [0.15, 0.2) is 0 Å². The zero-order valence-electron chi connectivity index (χ0n) is 8.85. The number of carbonyl (C=O) groups excluding carboxylic acids is 1. The zero-order chi connectivity index (χ0) is 11.5. The Kier molecular flexibility index (Phi) is 2.81. The molecule has 16 heavy (non-hydrogen) atoms. The molecule has 0 saturated heterocycles. The van der Waals surface area contributed by atoms with Gasteiger partial charge in [-0.1, -0.05) is 13.0 Å². The average Bonchev–Trinajstić information content (AvgIpc) is 2.76. The van der Waals surface area contributed by atoms with Crippen molar-refractivity contribution in [3.05, 3.63) is 53.9 Å².